The molecule has 8 nitrogen and oxygen atoms in total. The molecule has 0 spiro atoms. The number of nitrogen functional groups attached to an aromatic ring is 4. The highest BCUT2D eigenvalue weighted by atomic mass is 16.1. The number of rotatable bonds is 8. The topological polar surface area (TPSA) is 172 Å². The van der Waals surface area contributed by atoms with Gasteiger partial charge in [0.25, 0.3) is 0 Å². The molecule has 0 saturated heterocycles. The van der Waals surface area contributed by atoms with E-state index in [9.17, 15) is 19.2 Å². The molecule has 0 saturated carbocycles. The molecule has 8 heteroatoms. The van der Waals surface area contributed by atoms with E-state index in [0.29, 0.717) is 67.3 Å². The number of ketones is 4. The van der Waals surface area contributed by atoms with Crippen LogP contribution in [0.25, 0.3) is 0 Å². The fraction of sp³-hybridized carbons (Fsp3) is 0. The van der Waals surface area contributed by atoms with Crippen molar-refractivity contribution in [3.05, 3.63) is 190 Å². The van der Waals surface area contributed by atoms with Crippen molar-refractivity contribution in [1.29, 1.82) is 0 Å². The standard InChI is InChI=1S/2C20H16N2O2/c21-17-8-4-13(5-9-17)19(23)15-2-1-3-16(12-15)20(24)14-6-10-18(22)11-7-14;21-15-9-5-13(6-10-15)19(23)17-3-1-2-4-18(17)20(24)14-7-11-16(22)12-8-14/h2*1-12H,21-22H2. The van der Waals surface area contributed by atoms with Gasteiger partial charge in [0.15, 0.2) is 23.1 Å². The number of carbonyl (C=O) groups is 4. The molecule has 0 aliphatic heterocycles. The molecule has 0 fully saturated rings. The van der Waals surface area contributed by atoms with E-state index in [1.807, 2.05) is 0 Å². The van der Waals surface area contributed by atoms with Crippen molar-refractivity contribution in [2.45, 2.75) is 0 Å². The maximum Gasteiger partial charge on any atom is 0.193 e. The van der Waals surface area contributed by atoms with Gasteiger partial charge >= 0.3 is 0 Å². The molecule has 0 bridgehead atoms. The van der Waals surface area contributed by atoms with Crippen molar-refractivity contribution >= 4 is 45.9 Å². The Morgan fingerprint density at radius 1 is 0.292 bits per heavy atom. The van der Waals surface area contributed by atoms with Gasteiger partial charge < -0.3 is 22.9 Å². The number of carbonyl (C=O) groups excluding carboxylic acids is 4. The third kappa shape index (κ3) is 7.70. The lowest BCUT2D eigenvalue weighted by Crippen LogP contribution is -2.11. The van der Waals surface area contributed by atoms with E-state index in [2.05, 4.69) is 0 Å². The molecule has 0 aliphatic rings. The van der Waals surface area contributed by atoms with Crippen LogP contribution in [0.2, 0.25) is 0 Å². The molecule has 6 aromatic rings. The number of anilines is 4. The van der Waals surface area contributed by atoms with Crippen molar-refractivity contribution in [2.24, 2.45) is 0 Å². The molecule has 0 aromatic heterocycles. The van der Waals surface area contributed by atoms with Gasteiger partial charge in [0.05, 0.1) is 0 Å². The SMILES string of the molecule is Nc1ccc(C(=O)c2cccc(C(=O)c3ccc(N)cc3)c2)cc1.Nc1ccc(C(=O)c2ccccc2C(=O)c2ccc(N)cc2)cc1. The Balaban J connectivity index is 0.000000188. The second kappa shape index (κ2) is 14.5. The second-order valence-corrected chi connectivity index (χ2v) is 10.9. The van der Waals surface area contributed by atoms with Crippen LogP contribution in [0.5, 0.6) is 0 Å². The lowest BCUT2D eigenvalue weighted by Gasteiger charge is -2.09. The van der Waals surface area contributed by atoms with E-state index < -0.39 is 0 Å². The lowest BCUT2D eigenvalue weighted by atomic mass is 9.93. The Bertz CT molecular complexity index is 1960. The Morgan fingerprint density at radius 3 is 0.854 bits per heavy atom. The van der Waals surface area contributed by atoms with Crippen LogP contribution in [0.4, 0.5) is 22.7 Å². The van der Waals surface area contributed by atoms with Crippen molar-refractivity contribution in [1.82, 2.24) is 0 Å². The van der Waals surface area contributed by atoms with Gasteiger partial charge in [-0.25, -0.2) is 0 Å². The van der Waals surface area contributed by atoms with Crippen LogP contribution >= 0.6 is 0 Å². The van der Waals surface area contributed by atoms with Crippen LogP contribution in [0.3, 0.4) is 0 Å². The highest BCUT2D eigenvalue weighted by molar-refractivity contribution is 6.19. The van der Waals surface area contributed by atoms with Crippen molar-refractivity contribution in [3.63, 3.8) is 0 Å². The lowest BCUT2D eigenvalue weighted by molar-refractivity contribution is 0.100. The molecule has 6 rings (SSSR count). The van der Waals surface area contributed by atoms with Crippen molar-refractivity contribution in [2.75, 3.05) is 22.9 Å². The number of benzene rings is 6. The summed E-state index contributed by atoms with van der Waals surface area (Å²) in [6.07, 6.45) is 0. The van der Waals surface area contributed by atoms with Crippen molar-refractivity contribution in [3.8, 4) is 0 Å². The van der Waals surface area contributed by atoms with Gasteiger partial charge in [0.2, 0.25) is 0 Å². The first-order chi connectivity index (χ1) is 23.1. The molecule has 0 aliphatic carbocycles. The fourth-order valence-electron chi connectivity index (χ4n) is 4.86. The largest absolute Gasteiger partial charge is 0.399 e. The minimum atomic E-state index is -0.214. The van der Waals surface area contributed by atoms with Gasteiger partial charge in [0, 0.05) is 67.3 Å². The Kier molecular flexibility index (Phi) is 9.87. The minimum Gasteiger partial charge on any atom is -0.399 e. The predicted molar refractivity (Wildman–Crippen MR) is 190 cm³/mol. The highest BCUT2D eigenvalue weighted by Crippen LogP contribution is 2.20. The molecule has 48 heavy (non-hydrogen) atoms. The normalized spacial score (nSPS) is 10.3. The highest BCUT2D eigenvalue weighted by Gasteiger charge is 2.19. The molecular weight excluding hydrogens is 600 g/mol. The first-order valence-corrected chi connectivity index (χ1v) is 14.9. The molecule has 236 valence electrons. The van der Waals surface area contributed by atoms with E-state index in [-0.39, 0.29) is 23.1 Å². The maximum atomic E-state index is 12.8. The van der Waals surface area contributed by atoms with Crippen LogP contribution in [-0.4, -0.2) is 23.1 Å². The smallest absolute Gasteiger partial charge is 0.193 e. The molecule has 6 aromatic carbocycles. The van der Waals surface area contributed by atoms with E-state index >= 15 is 0 Å². The summed E-state index contributed by atoms with van der Waals surface area (Å²) in [6.45, 7) is 0. The average molecular weight is 633 g/mol. The van der Waals surface area contributed by atoms with Gasteiger partial charge in [-0.1, -0.05) is 42.5 Å². The average Bonchev–Trinajstić information content (AvgIpc) is 3.12. The van der Waals surface area contributed by atoms with Crippen LogP contribution in [0, 0.1) is 0 Å². The number of hydrogen-bond acceptors (Lipinski definition) is 8. The Hall–Kier alpha value is -6.80. The first-order valence-electron chi connectivity index (χ1n) is 14.9. The zero-order chi connectivity index (χ0) is 34.2. The second-order valence-electron chi connectivity index (χ2n) is 10.9. The zero-order valence-corrected chi connectivity index (χ0v) is 25.8. The number of hydrogen-bond donors (Lipinski definition) is 4. The van der Waals surface area contributed by atoms with Gasteiger partial charge in [-0.05, 0) is 103 Å². The molecule has 0 radical (unpaired) electrons. The molecule has 0 amide bonds. The van der Waals surface area contributed by atoms with Crippen LogP contribution in [-0.2, 0) is 0 Å². The summed E-state index contributed by atoms with van der Waals surface area (Å²) in [6, 6.07) is 40.2. The van der Waals surface area contributed by atoms with E-state index in [1.165, 1.54) is 0 Å². The first kappa shape index (κ1) is 32.6. The maximum absolute atomic E-state index is 12.8. The van der Waals surface area contributed by atoms with Gasteiger partial charge in [-0.3, -0.25) is 19.2 Å². The molecule has 8 N–H and O–H groups in total. The summed E-state index contributed by atoms with van der Waals surface area (Å²) >= 11 is 0. The fourth-order valence-corrected chi connectivity index (χ4v) is 4.86. The molecule has 0 heterocycles. The van der Waals surface area contributed by atoms with E-state index in [1.54, 1.807) is 146 Å². The quantitative estimate of drug-likeness (QED) is 0.107. The van der Waals surface area contributed by atoms with Crippen LogP contribution in [0.1, 0.15) is 63.7 Å². The van der Waals surface area contributed by atoms with Crippen molar-refractivity contribution < 1.29 is 19.2 Å². The summed E-state index contributed by atoms with van der Waals surface area (Å²) in [5.74, 6) is -0.729. The summed E-state index contributed by atoms with van der Waals surface area (Å²) < 4.78 is 0. The van der Waals surface area contributed by atoms with Crippen LogP contribution in [0.15, 0.2) is 146 Å². The van der Waals surface area contributed by atoms with Gasteiger partial charge in [-0.15, -0.1) is 0 Å². The zero-order valence-electron chi connectivity index (χ0n) is 25.8. The Morgan fingerprint density at radius 2 is 0.562 bits per heavy atom. The summed E-state index contributed by atoms with van der Waals surface area (Å²) in [5.41, 5.74) is 28.6. The minimum absolute atomic E-state index is 0.151. The monoisotopic (exact) mass is 632 g/mol. The molecule has 0 unspecified atom stereocenters. The summed E-state index contributed by atoms with van der Waals surface area (Å²) in [4.78, 5) is 50.6. The van der Waals surface area contributed by atoms with E-state index in [0.717, 1.165) is 0 Å². The van der Waals surface area contributed by atoms with Gasteiger partial charge in [-0.2, -0.15) is 0 Å². The molecular formula is C40H32N4O4. The third-order valence-corrected chi connectivity index (χ3v) is 7.49. The van der Waals surface area contributed by atoms with Gasteiger partial charge in [0.1, 0.15) is 0 Å². The third-order valence-electron chi connectivity index (χ3n) is 7.49. The Labute approximate surface area is 277 Å². The number of nitrogens with two attached hydrogens (primary N) is 4. The van der Waals surface area contributed by atoms with E-state index in [4.69, 9.17) is 22.9 Å². The molecule has 0 atom stereocenters. The predicted octanol–water partition coefficient (Wildman–Crippen LogP) is 6.63. The summed E-state index contributed by atoms with van der Waals surface area (Å²) in [7, 11) is 0. The summed E-state index contributed by atoms with van der Waals surface area (Å²) in [5, 5.41) is 0. The van der Waals surface area contributed by atoms with Crippen LogP contribution < -0.4 is 22.9 Å².